The zero-order valence-corrected chi connectivity index (χ0v) is 16.9. The van der Waals surface area contributed by atoms with E-state index in [0.29, 0.717) is 18.0 Å². The molecule has 1 heterocycles. The minimum absolute atomic E-state index is 0.104. The van der Waals surface area contributed by atoms with Crippen LogP contribution in [-0.2, 0) is 21.4 Å². The predicted octanol–water partition coefficient (Wildman–Crippen LogP) is 3.27. The fourth-order valence-corrected chi connectivity index (χ4v) is 4.74. The highest BCUT2D eigenvalue weighted by Gasteiger charge is 2.29. The molecule has 0 saturated heterocycles. The molecule has 0 bridgehead atoms. The van der Waals surface area contributed by atoms with Gasteiger partial charge in [-0.25, -0.2) is 8.42 Å². The number of anilines is 1. The number of thiophene rings is 1. The highest BCUT2D eigenvalue weighted by Crippen LogP contribution is 2.32. The fourth-order valence-electron chi connectivity index (χ4n) is 2.64. The Hall–Kier alpha value is -2.84. The van der Waals surface area contributed by atoms with Crippen molar-refractivity contribution in [3.8, 4) is 5.75 Å². The van der Waals surface area contributed by atoms with Gasteiger partial charge in [-0.05, 0) is 35.7 Å². The molecule has 0 saturated carbocycles. The van der Waals surface area contributed by atoms with Crippen molar-refractivity contribution in [3.05, 3.63) is 77.0 Å². The van der Waals surface area contributed by atoms with Gasteiger partial charge in [0.2, 0.25) is 5.91 Å². The molecule has 0 unspecified atom stereocenters. The van der Waals surface area contributed by atoms with E-state index in [0.717, 1.165) is 9.18 Å². The lowest BCUT2D eigenvalue weighted by atomic mass is 10.3. The first kappa shape index (κ1) is 19.9. The van der Waals surface area contributed by atoms with Crippen molar-refractivity contribution in [2.75, 3.05) is 18.0 Å². The number of ether oxygens (including phenoxy) is 1. The monoisotopic (exact) mass is 416 g/mol. The molecule has 0 atom stereocenters. The SMILES string of the molecule is COc1ccccc1N(CC(=O)NCc1cccs1)S(=O)(=O)c1ccccc1. The molecule has 146 valence electrons. The Bertz CT molecular complexity index is 1020. The van der Waals surface area contributed by atoms with Gasteiger partial charge in [0.1, 0.15) is 12.3 Å². The number of para-hydroxylation sites is 2. The van der Waals surface area contributed by atoms with Crippen LogP contribution in [-0.4, -0.2) is 28.0 Å². The molecule has 8 heteroatoms. The lowest BCUT2D eigenvalue weighted by molar-refractivity contribution is -0.119. The van der Waals surface area contributed by atoms with Gasteiger partial charge in [-0.15, -0.1) is 11.3 Å². The largest absolute Gasteiger partial charge is 0.495 e. The molecule has 0 aliphatic heterocycles. The summed E-state index contributed by atoms with van der Waals surface area (Å²) in [6, 6.07) is 18.5. The average Bonchev–Trinajstić information content (AvgIpc) is 3.25. The molecule has 0 radical (unpaired) electrons. The van der Waals surface area contributed by atoms with E-state index in [-0.39, 0.29) is 11.4 Å². The number of hydrogen-bond donors (Lipinski definition) is 1. The van der Waals surface area contributed by atoms with Gasteiger partial charge in [0.25, 0.3) is 10.0 Å². The zero-order chi connectivity index (χ0) is 20.0. The number of carbonyl (C=O) groups excluding carboxylic acids is 1. The quantitative estimate of drug-likeness (QED) is 0.612. The maximum Gasteiger partial charge on any atom is 0.264 e. The van der Waals surface area contributed by atoms with E-state index >= 15 is 0 Å². The molecule has 0 spiro atoms. The number of nitrogens with zero attached hydrogens (tertiary/aromatic N) is 1. The van der Waals surface area contributed by atoms with Gasteiger partial charge in [0, 0.05) is 4.88 Å². The van der Waals surface area contributed by atoms with Crippen LogP contribution >= 0.6 is 11.3 Å². The zero-order valence-electron chi connectivity index (χ0n) is 15.2. The molecule has 0 fully saturated rings. The average molecular weight is 417 g/mol. The number of hydrogen-bond acceptors (Lipinski definition) is 5. The van der Waals surface area contributed by atoms with Crippen molar-refractivity contribution in [1.82, 2.24) is 5.32 Å². The van der Waals surface area contributed by atoms with E-state index in [2.05, 4.69) is 5.32 Å². The highest BCUT2D eigenvalue weighted by atomic mass is 32.2. The van der Waals surface area contributed by atoms with Gasteiger partial charge in [0.05, 0.1) is 24.2 Å². The molecule has 3 aromatic rings. The number of sulfonamides is 1. The molecule has 0 aliphatic carbocycles. The number of benzene rings is 2. The van der Waals surface area contributed by atoms with Crippen molar-refractivity contribution >= 4 is 33.0 Å². The third kappa shape index (κ3) is 4.52. The van der Waals surface area contributed by atoms with Crippen LogP contribution in [0.4, 0.5) is 5.69 Å². The summed E-state index contributed by atoms with van der Waals surface area (Å²) in [5.41, 5.74) is 0.306. The van der Waals surface area contributed by atoms with Crippen molar-refractivity contribution in [2.24, 2.45) is 0 Å². The molecule has 0 aliphatic rings. The van der Waals surface area contributed by atoms with Gasteiger partial charge in [-0.3, -0.25) is 9.10 Å². The minimum Gasteiger partial charge on any atom is -0.495 e. The Morgan fingerprint density at radius 2 is 1.75 bits per heavy atom. The van der Waals surface area contributed by atoms with Crippen molar-refractivity contribution in [1.29, 1.82) is 0 Å². The summed E-state index contributed by atoms with van der Waals surface area (Å²) in [6.07, 6.45) is 0. The summed E-state index contributed by atoms with van der Waals surface area (Å²) < 4.78 is 32.9. The molecule has 1 N–H and O–H groups in total. The third-order valence-corrected chi connectivity index (χ3v) is 6.66. The van der Waals surface area contributed by atoms with Crippen molar-refractivity contribution in [2.45, 2.75) is 11.4 Å². The number of rotatable bonds is 8. The van der Waals surface area contributed by atoms with Crippen LogP contribution < -0.4 is 14.4 Å². The predicted molar refractivity (Wildman–Crippen MR) is 110 cm³/mol. The van der Waals surface area contributed by atoms with E-state index in [1.165, 1.54) is 30.6 Å². The number of methoxy groups -OCH3 is 1. The summed E-state index contributed by atoms with van der Waals surface area (Å²) >= 11 is 1.52. The van der Waals surface area contributed by atoms with Crippen molar-refractivity contribution < 1.29 is 17.9 Å². The van der Waals surface area contributed by atoms with Gasteiger partial charge >= 0.3 is 0 Å². The fraction of sp³-hybridized carbons (Fsp3) is 0.150. The lowest BCUT2D eigenvalue weighted by Gasteiger charge is -2.25. The maximum absolute atomic E-state index is 13.3. The molecule has 3 rings (SSSR count). The molecule has 2 aromatic carbocycles. The second kappa shape index (κ2) is 8.90. The number of nitrogens with one attached hydrogen (secondary N) is 1. The Morgan fingerprint density at radius 1 is 1.04 bits per heavy atom. The number of carbonyl (C=O) groups is 1. The van der Waals surface area contributed by atoms with Crippen LogP contribution in [0, 0.1) is 0 Å². The van der Waals surface area contributed by atoms with E-state index in [9.17, 15) is 13.2 Å². The Labute approximate surface area is 168 Å². The normalized spacial score (nSPS) is 11.0. The molecule has 1 amide bonds. The Kier molecular flexibility index (Phi) is 6.33. The summed E-state index contributed by atoms with van der Waals surface area (Å²) in [7, 11) is -2.50. The van der Waals surface area contributed by atoms with Crippen LogP contribution in [0.25, 0.3) is 0 Å². The van der Waals surface area contributed by atoms with E-state index in [4.69, 9.17) is 4.74 Å². The summed E-state index contributed by atoms with van der Waals surface area (Å²) in [4.78, 5) is 13.6. The Morgan fingerprint density at radius 3 is 2.43 bits per heavy atom. The van der Waals surface area contributed by atoms with Crippen molar-refractivity contribution in [3.63, 3.8) is 0 Å². The van der Waals surface area contributed by atoms with Gasteiger partial charge < -0.3 is 10.1 Å². The van der Waals surface area contributed by atoms with Gasteiger partial charge in [-0.2, -0.15) is 0 Å². The molecule has 6 nitrogen and oxygen atoms in total. The lowest BCUT2D eigenvalue weighted by Crippen LogP contribution is -2.40. The number of amides is 1. The van der Waals surface area contributed by atoms with E-state index < -0.39 is 15.9 Å². The first-order valence-corrected chi connectivity index (χ1v) is 10.8. The molecular weight excluding hydrogens is 396 g/mol. The van der Waals surface area contributed by atoms with Gasteiger partial charge in [-0.1, -0.05) is 36.4 Å². The molecular formula is C20H20N2O4S2. The van der Waals surface area contributed by atoms with E-state index in [1.54, 1.807) is 42.5 Å². The van der Waals surface area contributed by atoms with Crippen LogP contribution in [0.15, 0.2) is 77.0 Å². The first-order chi connectivity index (χ1) is 13.5. The van der Waals surface area contributed by atoms with Crippen LogP contribution in [0.1, 0.15) is 4.88 Å². The van der Waals surface area contributed by atoms with Gasteiger partial charge in [0.15, 0.2) is 0 Å². The standard InChI is InChI=1S/C20H20N2O4S2/c1-26-19-12-6-5-11-18(19)22(28(24,25)17-9-3-2-4-10-17)15-20(23)21-14-16-8-7-13-27-16/h2-13H,14-15H2,1H3,(H,21,23). The van der Waals surface area contributed by atoms with Crippen LogP contribution in [0.3, 0.4) is 0 Å². The molecule has 28 heavy (non-hydrogen) atoms. The first-order valence-electron chi connectivity index (χ1n) is 8.52. The van der Waals surface area contributed by atoms with E-state index in [1.807, 2.05) is 17.5 Å². The second-order valence-corrected chi connectivity index (χ2v) is 8.75. The summed E-state index contributed by atoms with van der Waals surface area (Å²) in [5.74, 6) is -0.0353. The Balaban J connectivity index is 1.92. The second-order valence-electron chi connectivity index (χ2n) is 5.85. The third-order valence-electron chi connectivity index (χ3n) is 4.01. The summed E-state index contributed by atoms with van der Waals surface area (Å²) in [6.45, 7) is -0.00930. The van der Waals surface area contributed by atoms with Crippen LogP contribution in [0.2, 0.25) is 0 Å². The minimum atomic E-state index is -3.96. The summed E-state index contributed by atoms with van der Waals surface area (Å²) in [5, 5.41) is 4.69. The maximum atomic E-state index is 13.3. The topological polar surface area (TPSA) is 75.7 Å². The molecule has 1 aromatic heterocycles. The van der Waals surface area contributed by atoms with Crippen LogP contribution in [0.5, 0.6) is 5.75 Å². The smallest absolute Gasteiger partial charge is 0.264 e. The highest BCUT2D eigenvalue weighted by molar-refractivity contribution is 7.92.